The zero-order valence-electron chi connectivity index (χ0n) is 14.2. The molecule has 6 heteroatoms. The first-order valence-electron chi connectivity index (χ1n) is 8.08. The second-order valence-electron chi connectivity index (χ2n) is 5.73. The number of carbonyl (C=O) groups excluding carboxylic acids is 1. The van der Waals surface area contributed by atoms with Crippen LogP contribution in [-0.2, 0) is 6.54 Å². The number of aryl methyl sites for hydroxylation is 1. The number of halogens is 1. The van der Waals surface area contributed by atoms with Crippen LogP contribution in [-0.4, -0.2) is 10.9 Å². The molecule has 1 heterocycles. The summed E-state index contributed by atoms with van der Waals surface area (Å²) < 4.78 is 16.2. The van der Waals surface area contributed by atoms with Crippen LogP contribution in [0, 0.1) is 12.7 Å². The van der Waals surface area contributed by atoms with Gasteiger partial charge in [-0.25, -0.2) is 4.39 Å². The van der Waals surface area contributed by atoms with E-state index in [1.54, 1.807) is 30.6 Å². The Kier molecular flexibility index (Phi) is 5.86. The van der Waals surface area contributed by atoms with Gasteiger partial charge in [-0.3, -0.25) is 9.78 Å². The summed E-state index contributed by atoms with van der Waals surface area (Å²) in [6.45, 7) is 2.39. The lowest BCUT2D eigenvalue weighted by Gasteiger charge is -2.11. The van der Waals surface area contributed by atoms with Crippen molar-refractivity contribution in [1.82, 2.24) is 10.3 Å². The van der Waals surface area contributed by atoms with Crippen molar-refractivity contribution < 1.29 is 9.18 Å². The average molecular weight is 367 g/mol. The normalized spacial score (nSPS) is 10.4. The fourth-order valence-corrected chi connectivity index (χ4v) is 3.00. The van der Waals surface area contributed by atoms with Crippen LogP contribution < -0.4 is 10.0 Å². The Labute approximate surface area is 156 Å². The molecule has 132 valence electrons. The number of amides is 1. The fourth-order valence-electron chi connectivity index (χ4n) is 2.28. The van der Waals surface area contributed by atoms with Crippen molar-refractivity contribution in [3.63, 3.8) is 0 Å². The van der Waals surface area contributed by atoms with Crippen LogP contribution in [0.4, 0.5) is 10.1 Å². The van der Waals surface area contributed by atoms with Crippen molar-refractivity contribution in [2.45, 2.75) is 18.4 Å². The lowest BCUT2D eigenvalue weighted by Crippen LogP contribution is -2.22. The third kappa shape index (κ3) is 4.83. The summed E-state index contributed by atoms with van der Waals surface area (Å²) in [7, 11) is 0. The molecule has 0 unspecified atom stereocenters. The number of benzene rings is 2. The van der Waals surface area contributed by atoms with Crippen LogP contribution in [0.3, 0.4) is 0 Å². The Bertz CT molecular complexity index is 885. The standard InChI is InChI=1S/C20H18FN3OS/c1-14-4-5-16(20(25)23-13-15-3-2-10-22-12-15)11-19(14)24-26-18-8-6-17(21)7-9-18/h2-12,24H,13H2,1H3,(H,23,25). The maximum Gasteiger partial charge on any atom is 0.251 e. The second-order valence-corrected chi connectivity index (χ2v) is 6.61. The van der Waals surface area contributed by atoms with E-state index in [1.165, 1.54) is 24.1 Å². The molecule has 0 radical (unpaired) electrons. The Morgan fingerprint density at radius 3 is 2.69 bits per heavy atom. The van der Waals surface area contributed by atoms with Gasteiger partial charge < -0.3 is 10.0 Å². The maximum absolute atomic E-state index is 13.0. The van der Waals surface area contributed by atoms with E-state index in [-0.39, 0.29) is 11.7 Å². The summed E-state index contributed by atoms with van der Waals surface area (Å²) in [4.78, 5) is 17.3. The molecule has 0 spiro atoms. The summed E-state index contributed by atoms with van der Waals surface area (Å²) in [5.74, 6) is -0.415. The molecule has 0 saturated heterocycles. The molecule has 0 bridgehead atoms. The predicted molar refractivity (Wildman–Crippen MR) is 102 cm³/mol. The van der Waals surface area contributed by atoms with Gasteiger partial charge in [0.2, 0.25) is 0 Å². The van der Waals surface area contributed by atoms with Crippen LogP contribution in [0.25, 0.3) is 0 Å². The molecule has 26 heavy (non-hydrogen) atoms. The zero-order chi connectivity index (χ0) is 18.4. The number of hydrogen-bond donors (Lipinski definition) is 2. The largest absolute Gasteiger partial charge is 0.348 e. The van der Waals surface area contributed by atoms with Gasteiger partial charge in [0.05, 0.1) is 0 Å². The van der Waals surface area contributed by atoms with E-state index in [1.807, 2.05) is 31.2 Å². The molecule has 4 nitrogen and oxygen atoms in total. The molecule has 2 N–H and O–H groups in total. The number of carbonyl (C=O) groups is 1. The molecule has 0 saturated carbocycles. The zero-order valence-corrected chi connectivity index (χ0v) is 15.0. The van der Waals surface area contributed by atoms with Gasteiger partial charge in [0.15, 0.2) is 0 Å². The Balaban J connectivity index is 1.64. The minimum atomic E-state index is -0.266. The highest BCUT2D eigenvalue weighted by molar-refractivity contribution is 8.00. The first-order valence-corrected chi connectivity index (χ1v) is 8.89. The third-order valence-corrected chi connectivity index (χ3v) is 4.60. The number of nitrogens with zero attached hydrogens (tertiary/aromatic N) is 1. The number of rotatable bonds is 6. The molecule has 1 amide bonds. The van der Waals surface area contributed by atoms with E-state index >= 15 is 0 Å². The maximum atomic E-state index is 13.0. The number of aromatic nitrogens is 1. The van der Waals surface area contributed by atoms with E-state index in [0.29, 0.717) is 12.1 Å². The van der Waals surface area contributed by atoms with E-state index in [0.717, 1.165) is 21.7 Å². The molecule has 3 aromatic rings. The van der Waals surface area contributed by atoms with Crippen LogP contribution >= 0.6 is 11.9 Å². The van der Waals surface area contributed by atoms with Gasteiger partial charge in [-0.15, -0.1) is 0 Å². The fraction of sp³-hybridized carbons (Fsp3) is 0.100. The van der Waals surface area contributed by atoms with Gasteiger partial charge in [-0.05, 0) is 72.5 Å². The highest BCUT2D eigenvalue weighted by Gasteiger charge is 2.08. The number of hydrogen-bond acceptors (Lipinski definition) is 4. The number of pyridine rings is 1. The van der Waals surface area contributed by atoms with Crippen molar-refractivity contribution in [2.75, 3.05) is 4.72 Å². The van der Waals surface area contributed by atoms with E-state index in [4.69, 9.17) is 0 Å². The van der Waals surface area contributed by atoms with Crippen molar-refractivity contribution in [1.29, 1.82) is 0 Å². The van der Waals surface area contributed by atoms with E-state index in [2.05, 4.69) is 15.0 Å². The summed E-state index contributed by atoms with van der Waals surface area (Å²) in [5.41, 5.74) is 3.37. The molecular formula is C20H18FN3OS. The molecule has 0 aliphatic rings. The third-order valence-electron chi connectivity index (χ3n) is 3.77. The van der Waals surface area contributed by atoms with Gasteiger partial charge in [-0.1, -0.05) is 12.1 Å². The summed E-state index contributed by atoms with van der Waals surface area (Å²) in [6.07, 6.45) is 3.42. The lowest BCUT2D eigenvalue weighted by molar-refractivity contribution is 0.0951. The van der Waals surface area contributed by atoms with Crippen molar-refractivity contribution in [3.8, 4) is 0 Å². The molecule has 0 aliphatic carbocycles. The van der Waals surface area contributed by atoms with Gasteiger partial charge in [-0.2, -0.15) is 0 Å². The highest BCUT2D eigenvalue weighted by atomic mass is 32.2. The van der Waals surface area contributed by atoms with Crippen LogP contribution in [0.5, 0.6) is 0 Å². The molecular weight excluding hydrogens is 349 g/mol. The van der Waals surface area contributed by atoms with E-state index in [9.17, 15) is 9.18 Å². The quantitative estimate of drug-likeness (QED) is 0.626. The van der Waals surface area contributed by atoms with Gasteiger partial charge in [0.25, 0.3) is 5.91 Å². The Morgan fingerprint density at radius 2 is 1.96 bits per heavy atom. The SMILES string of the molecule is Cc1ccc(C(=O)NCc2cccnc2)cc1NSc1ccc(F)cc1. The topological polar surface area (TPSA) is 54.0 Å². The Hall–Kier alpha value is -2.86. The molecule has 0 atom stereocenters. The smallest absolute Gasteiger partial charge is 0.251 e. The van der Waals surface area contributed by atoms with Crippen molar-refractivity contribution in [2.24, 2.45) is 0 Å². The van der Waals surface area contributed by atoms with Crippen LogP contribution in [0.2, 0.25) is 0 Å². The number of anilines is 1. The second kappa shape index (κ2) is 8.49. The van der Waals surface area contributed by atoms with Gasteiger partial charge in [0, 0.05) is 35.1 Å². The monoisotopic (exact) mass is 367 g/mol. The van der Waals surface area contributed by atoms with Gasteiger partial charge in [0.1, 0.15) is 5.82 Å². The minimum absolute atomic E-state index is 0.149. The molecule has 0 aliphatic heterocycles. The van der Waals surface area contributed by atoms with E-state index < -0.39 is 0 Å². The molecule has 0 fully saturated rings. The first-order chi connectivity index (χ1) is 12.6. The summed E-state index contributed by atoms with van der Waals surface area (Å²) >= 11 is 1.37. The Morgan fingerprint density at radius 1 is 1.15 bits per heavy atom. The molecule has 3 rings (SSSR count). The molecule has 1 aromatic heterocycles. The predicted octanol–water partition coefficient (Wildman–Crippen LogP) is 4.58. The van der Waals surface area contributed by atoms with Crippen LogP contribution in [0.15, 0.2) is 71.9 Å². The lowest BCUT2D eigenvalue weighted by atomic mass is 10.1. The minimum Gasteiger partial charge on any atom is -0.348 e. The first kappa shape index (κ1) is 17.9. The van der Waals surface area contributed by atoms with Gasteiger partial charge >= 0.3 is 0 Å². The van der Waals surface area contributed by atoms with Crippen molar-refractivity contribution in [3.05, 3.63) is 89.5 Å². The van der Waals surface area contributed by atoms with Crippen LogP contribution in [0.1, 0.15) is 21.5 Å². The van der Waals surface area contributed by atoms with Crippen molar-refractivity contribution >= 4 is 23.5 Å². The highest BCUT2D eigenvalue weighted by Crippen LogP contribution is 2.25. The number of nitrogens with one attached hydrogen (secondary N) is 2. The molecule has 2 aromatic carbocycles. The summed E-state index contributed by atoms with van der Waals surface area (Å²) in [6, 6.07) is 15.5. The summed E-state index contributed by atoms with van der Waals surface area (Å²) in [5, 5.41) is 2.89. The average Bonchev–Trinajstić information content (AvgIpc) is 2.67.